The number of thiophene rings is 1. The number of nitrogens with zero attached hydrogens (tertiary/aromatic N) is 6. The second kappa shape index (κ2) is 33.8. The summed E-state index contributed by atoms with van der Waals surface area (Å²) < 4.78 is 0. The first-order chi connectivity index (χ1) is 43.9. The van der Waals surface area contributed by atoms with Crippen molar-refractivity contribution in [2.45, 2.75) is 175 Å². The van der Waals surface area contributed by atoms with Gasteiger partial charge in [-0.25, -0.2) is 4.79 Å². The Balaban J connectivity index is 1.02. The number of fused-ring (bicyclic) bond motifs is 2. The zero-order valence-corrected chi connectivity index (χ0v) is 52.2. The number of aliphatic hydroxyl groups excluding tert-OH is 2. The van der Waals surface area contributed by atoms with Gasteiger partial charge in [0.05, 0.1) is 43.4 Å². The zero-order chi connectivity index (χ0) is 66.8. The molecule has 5 aliphatic rings. The van der Waals surface area contributed by atoms with E-state index in [-0.39, 0.29) is 120 Å². The molecule has 0 radical (unpaired) electrons. The number of nitrogens with two attached hydrogens (primary N) is 7. The molecule has 33 heteroatoms. The van der Waals surface area contributed by atoms with E-state index in [1.807, 2.05) is 0 Å². The van der Waals surface area contributed by atoms with Crippen molar-refractivity contribution in [2.75, 3.05) is 45.9 Å². The normalized spacial score (nSPS) is 23.2. The van der Waals surface area contributed by atoms with E-state index >= 15 is 4.79 Å². The van der Waals surface area contributed by atoms with Gasteiger partial charge in [0, 0.05) is 56.5 Å². The number of hydrogen-bond donors (Lipinski definition) is 16. The van der Waals surface area contributed by atoms with Gasteiger partial charge in [-0.1, -0.05) is 43.2 Å². The van der Waals surface area contributed by atoms with Crippen molar-refractivity contribution in [1.29, 1.82) is 0 Å². The van der Waals surface area contributed by atoms with Crippen LogP contribution >= 0.6 is 11.3 Å². The van der Waals surface area contributed by atoms with Crippen molar-refractivity contribution in [3.63, 3.8) is 0 Å². The van der Waals surface area contributed by atoms with Gasteiger partial charge in [-0.3, -0.25) is 68.3 Å². The highest BCUT2D eigenvalue weighted by Crippen LogP contribution is 2.35. The molecule has 0 spiro atoms. The molecule has 1 aromatic heterocycles. The van der Waals surface area contributed by atoms with Crippen molar-refractivity contribution < 1.29 is 63.3 Å². The number of carboxylic acids is 1. The molecule has 504 valence electrons. The minimum absolute atomic E-state index is 0.0183. The van der Waals surface area contributed by atoms with E-state index < -0.39 is 139 Å². The minimum atomic E-state index is -1.67. The van der Waals surface area contributed by atoms with Crippen LogP contribution < -0.4 is 72.0 Å². The number of guanidine groups is 3. The Morgan fingerprint density at radius 1 is 0.707 bits per heavy atom. The predicted octanol–water partition coefficient (Wildman–Crippen LogP) is -5.15. The topological polar surface area (TPSA) is 533 Å². The summed E-state index contributed by atoms with van der Waals surface area (Å²) in [6.07, 6.45) is 3.80. The quantitative estimate of drug-likeness (QED) is 0.0145. The van der Waals surface area contributed by atoms with Crippen LogP contribution in [-0.4, -0.2) is 219 Å². The van der Waals surface area contributed by atoms with Crippen LogP contribution in [-0.2, 0) is 60.8 Å². The van der Waals surface area contributed by atoms with Gasteiger partial charge in [0.2, 0.25) is 47.3 Å². The van der Waals surface area contributed by atoms with E-state index in [0.29, 0.717) is 35.3 Å². The van der Waals surface area contributed by atoms with Crippen LogP contribution in [0.1, 0.15) is 112 Å². The average Bonchev–Trinajstić information content (AvgIpc) is 1.05. The lowest BCUT2D eigenvalue weighted by atomic mass is 9.84. The van der Waals surface area contributed by atoms with Gasteiger partial charge in [-0.2, -0.15) is 0 Å². The van der Waals surface area contributed by atoms with E-state index in [0.717, 1.165) is 35.5 Å². The molecule has 2 aromatic rings. The molecule has 0 bridgehead atoms. The van der Waals surface area contributed by atoms with Crippen molar-refractivity contribution in [1.82, 2.24) is 46.6 Å². The van der Waals surface area contributed by atoms with Crippen LogP contribution in [0.2, 0.25) is 0 Å². The molecular weight excluding hydrogens is 1210 g/mol. The molecule has 92 heavy (non-hydrogen) atoms. The number of β-amino-alcohol motifs (C(OH)–C–C–N with tert-alkyl or cyclic N) is 1. The lowest BCUT2D eigenvalue weighted by Crippen LogP contribution is -2.62. The Morgan fingerprint density at radius 3 is 2.01 bits per heavy atom. The Morgan fingerprint density at radius 2 is 1.36 bits per heavy atom. The van der Waals surface area contributed by atoms with Crippen molar-refractivity contribution in [3.05, 3.63) is 57.8 Å². The van der Waals surface area contributed by atoms with E-state index in [4.69, 9.17) is 40.1 Å². The molecule has 4 aliphatic heterocycles. The third-order valence-electron chi connectivity index (χ3n) is 17.4. The summed E-state index contributed by atoms with van der Waals surface area (Å²) in [5.74, 6) is -8.75. The number of imide groups is 1. The highest BCUT2D eigenvalue weighted by molar-refractivity contribution is 7.09. The van der Waals surface area contributed by atoms with Crippen molar-refractivity contribution in [2.24, 2.45) is 61.0 Å². The molecule has 1 saturated carbocycles. The number of benzene rings is 1. The molecule has 3 unspecified atom stereocenters. The second-order valence-corrected chi connectivity index (χ2v) is 25.0. The molecule has 32 nitrogen and oxygen atoms in total. The molecule has 5 heterocycles. The van der Waals surface area contributed by atoms with Crippen LogP contribution in [0, 0.1) is 5.92 Å². The number of carbonyl (C=O) groups excluding carboxylic acids is 9. The van der Waals surface area contributed by atoms with Gasteiger partial charge < -0.3 is 91.8 Å². The summed E-state index contributed by atoms with van der Waals surface area (Å²) in [5.41, 5.74) is 39.9. The summed E-state index contributed by atoms with van der Waals surface area (Å²) in [6.45, 7) is -1.48. The summed E-state index contributed by atoms with van der Waals surface area (Å²) in [7, 11) is 0. The van der Waals surface area contributed by atoms with Crippen LogP contribution in [0.3, 0.4) is 0 Å². The highest BCUT2D eigenvalue weighted by atomic mass is 32.1. The van der Waals surface area contributed by atoms with Gasteiger partial charge in [0.25, 0.3) is 0 Å². The van der Waals surface area contributed by atoms with Crippen LogP contribution in [0.4, 0.5) is 0 Å². The van der Waals surface area contributed by atoms with E-state index in [2.05, 4.69) is 46.9 Å². The third-order valence-corrected chi connectivity index (χ3v) is 18.3. The number of rotatable bonds is 31. The Hall–Kier alpha value is -8.37. The summed E-state index contributed by atoms with van der Waals surface area (Å²) in [4.78, 5) is 158. The number of amides is 8. The molecule has 8 amide bonds. The van der Waals surface area contributed by atoms with Gasteiger partial charge in [0.15, 0.2) is 23.7 Å². The molecular formula is C59H89N19O13S. The maximum Gasteiger partial charge on any atom is 0.326 e. The first kappa shape index (κ1) is 71.1. The maximum absolute atomic E-state index is 15.0. The minimum Gasteiger partial charge on any atom is -0.480 e. The third kappa shape index (κ3) is 19.1. The van der Waals surface area contributed by atoms with E-state index in [1.54, 1.807) is 41.8 Å². The highest BCUT2D eigenvalue weighted by Gasteiger charge is 2.49. The average molecular weight is 1300 g/mol. The Kier molecular flexibility index (Phi) is 26.1. The van der Waals surface area contributed by atoms with Crippen molar-refractivity contribution in [3.8, 4) is 0 Å². The molecule has 3 saturated heterocycles. The van der Waals surface area contributed by atoms with Gasteiger partial charge in [-0.05, 0) is 106 Å². The first-order valence-corrected chi connectivity index (χ1v) is 32.1. The molecule has 4 fully saturated rings. The van der Waals surface area contributed by atoms with Crippen molar-refractivity contribution >= 4 is 88.2 Å². The van der Waals surface area contributed by atoms with E-state index in [1.165, 1.54) is 16.2 Å². The number of carboxylic acid groups (broad SMARTS) is 1. The van der Waals surface area contributed by atoms with Crippen LogP contribution in [0.15, 0.2) is 56.8 Å². The number of ketones is 1. The maximum atomic E-state index is 15.0. The van der Waals surface area contributed by atoms with E-state index in [9.17, 15) is 58.5 Å². The number of nitrogens with one attached hydrogen (secondary N) is 6. The summed E-state index contributed by atoms with van der Waals surface area (Å²) in [5, 5.41) is 50.9. The molecule has 13 atom stereocenters. The zero-order valence-electron chi connectivity index (χ0n) is 51.4. The molecule has 1 aliphatic carbocycles. The number of aliphatic hydroxyl groups is 2. The Labute approximate surface area is 536 Å². The smallest absolute Gasteiger partial charge is 0.326 e. The number of likely N-dealkylation sites (tertiary alicyclic amines) is 2. The standard InChI is InChI=1S/C59H89N19O13S/c60-36(14-5-19-67-57(61)62)49(83)74-38(16-6-20-68-58(63)64)52(86)76-22-8-18-43(76)55(89)77-29-33(80)26-45(77)51(85)70-28-46(81)72-39(27-34-12-9-23-92-34)50(84)75-42(30-79)48(82)47-35-13-3-1-10-31(35)24-41(73-47)54(88)78(44(56(90)91)17-7-21-69-59(65)66)53(87)40-25-32-11-2-4-15-37(32)71-40/h1,3,9-10,12-13,23,32-33,36-45,47,71,73,79-80H,2,4-8,11,14-22,24-30,60H2,(H,70,85)(H,72,81)(H,74,83)(H,75,84)(H,90,91)(H4,61,62,67)(H4,63,64,68)(H4,65,66,69)/t32-,33+,36+,37-,38-,39-,40?,41?,42-,43-,44-,45-,47?/m0/s1. The fourth-order valence-electron chi connectivity index (χ4n) is 12.8. The number of aliphatic carboxylic acids is 1. The van der Waals surface area contributed by atoms with Gasteiger partial charge >= 0.3 is 5.97 Å². The van der Waals surface area contributed by atoms with Gasteiger partial charge in [0.1, 0.15) is 36.3 Å². The second-order valence-electron chi connectivity index (χ2n) is 23.9. The Bertz CT molecular complexity index is 3040. The van der Waals surface area contributed by atoms with Gasteiger partial charge in [-0.15, -0.1) is 11.3 Å². The number of hydrogen-bond acceptors (Lipinski definition) is 19. The number of carbonyl (C=O) groups is 10. The lowest BCUT2D eigenvalue weighted by molar-refractivity contribution is -0.160. The predicted molar refractivity (Wildman–Crippen MR) is 338 cm³/mol. The number of aliphatic imine (C=N–C) groups is 3. The SMILES string of the molecule is NC(N)=NCCC[C@@H](N)C(=O)N[C@@H](CCCN=C(N)N)C(=O)N1CCC[C@H]1C(=O)N1C[C@H](O)C[C@H]1C(=O)NCC(=O)N[C@@H](Cc1cccs1)C(=O)N[C@@H](CO)C(=O)C1NC(C(=O)N(C(=O)C2C[C@@H]3CCCC[C@@H]3N2)[C@@H](CCCN=C(N)N)C(=O)O)Cc2ccccc21. The monoisotopic (exact) mass is 1300 g/mol. The molecule has 1 aromatic carbocycles. The molecule has 23 N–H and O–H groups in total. The summed E-state index contributed by atoms with van der Waals surface area (Å²) >= 11 is 1.26. The number of Topliss-reactive ketones (excluding diaryl/α,β-unsaturated/α-hetero) is 1. The van der Waals surface area contributed by atoms with Crippen LogP contribution in [0.5, 0.6) is 0 Å². The fraction of sp³-hybridized carbons (Fsp3) is 0.610. The summed E-state index contributed by atoms with van der Waals surface area (Å²) in [6, 6.07) is -2.88. The fourth-order valence-corrected chi connectivity index (χ4v) is 13.6. The lowest BCUT2D eigenvalue weighted by Gasteiger charge is -2.37. The largest absolute Gasteiger partial charge is 0.480 e. The first-order valence-electron chi connectivity index (χ1n) is 31.2. The van der Waals surface area contributed by atoms with Crippen LogP contribution in [0.25, 0.3) is 0 Å². The molecule has 7 rings (SSSR count).